The van der Waals surface area contributed by atoms with Gasteiger partial charge in [0.25, 0.3) is 0 Å². The van der Waals surface area contributed by atoms with Gasteiger partial charge in [0.05, 0.1) is 0 Å². The second-order valence-corrected chi connectivity index (χ2v) is 2.53. The Hall–Kier alpha value is -0.800. The summed E-state index contributed by atoms with van der Waals surface area (Å²) in [7, 11) is 0. The zero-order valence-corrected chi connectivity index (χ0v) is 7.44. The third-order valence-corrected chi connectivity index (χ3v) is 1.49. The molecule has 0 saturated carbocycles. The lowest BCUT2D eigenvalue weighted by Crippen LogP contribution is -2.24. The monoisotopic (exact) mass is 177 g/mol. The lowest BCUT2D eigenvalue weighted by Gasteiger charge is -2.02. The Bertz CT molecular complexity index is 120. The minimum atomic E-state index is -1.05. The number of hydrogen-bond acceptors (Lipinski definition) is 2. The molecular formula is C8H16FNO2. The minimum absolute atomic E-state index is 0.568. The maximum Gasteiger partial charge on any atom is 0.409 e. The minimum Gasteiger partial charge on any atom is -0.418 e. The molecule has 0 heterocycles. The van der Waals surface area contributed by atoms with Crippen LogP contribution in [0.3, 0.4) is 0 Å². The average molecular weight is 177 g/mol. The molecule has 0 aromatic carbocycles. The van der Waals surface area contributed by atoms with Crippen molar-refractivity contribution in [3.05, 3.63) is 0 Å². The molecular weight excluding hydrogens is 161 g/mol. The van der Waals surface area contributed by atoms with Gasteiger partial charge in [-0.1, -0.05) is 26.2 Å². The highest BCUT2D eigenvalue weighted by molar-refractivity contribution is 5.66. The van der Waals surface area contributed by atoms with Crippen molar-refractivity contribution in [1.29, 1.82) is 0 Å². The standard InChI is InChI=1S/C8H16FNO2/c1-2-3-4-5-6-10-8(11)12-7-9/h2-7H2,1H3,(H,10,11). The third kappa shape index (κ3) is 7.31. The molecule has 3 nitrogen and oxygen atoms in total. The number of ether oxygens (including phenoxy) is 1. The molecule has 4 heteroatoms. The predicted octanol–water partition coefficient (Wildman–Crippen LogP) is 2.22. The van der Waals surface area contributed by atoms with Crippen molar-refractivity contribution >= 4 is 6.09 Å². The summed E-state index contributed by atoms with van der Waals surface area (Å²) in [5, 5.41) is 2.44. The van der Waals surface area contributed by atoms with Gasteiger partial charge in [0, 0.05) is 6.54 Å². The van der Waals surface area contributed by atoms with E-state index in [-0.39, 0.29) is 0 Å². The van der Waals surface area contributed by atoms with Crippen LogP contribution in [-0.4, -0.2) is 19.5 Å². The summed E-state index contributed by atoms with van der Waals surface area (Å²) in [6, 6.07) is 0. The highest BCUT2D eigenvalue weighted by Gasteiger charge is 1.98. The molecule has 0 rings (SSSR count). The highest BCUT2D eigenvalue weighted by atomic mass is 19.1. The van der Waals surface area contributed by atoms with E-state index in [0.717, 1.165) is 19.3 Å². The van der Waals surface area contributed by atoms with Gasteiger partial charge in [-0.25, -0.2) is 9.18 Å². The smallest absolute Gasteiger partial charge is 0.409 e. The first-order chi connectivity index (χ1) is 5.81. The summed E-state index contributed by atoms with van der Waals surface area (Å²) in [5.41, 5.74) is 0. The van der Waals surface area contributed by atoms with Crippen LogP contribution in [0, 0.1) is 0 Å². The molecule has 0 spiro atoms. The van der Waals surface area contributed by atoms with Crippen molar-refractivity contribution in [3.63, 3.8) is 0 Å². The van der Waals surface area contributed by atoms with Crippen LogP contribution in [0.4, 0.5) is 9.18 Å². The van der Waals surface area contributed by atoms with Gasteiger partial charge in [-0.3, -0.25) is 0 Å². The Morgan fingerprint density at radius 1 is 1.42 bits per heavy atom. The normalized spacial score (nSPS) is 9.50. The molecule has 0 aliphatic heterocycles. The summed E-state index contributed by atoms with van der Waals surface area (Å²) in [6.07, 6.45) is 3.67. The summed E-state index contributed by atoms with van der Waals surface area (Å²) in [6.45, 7) is 1.63. The van der Waals surface area contributed by atoms with Gasteiger partial charge in [-0.15, -0.1) is 0 Å². The highest BCUT2D eigenvalue weighted by Crippen LogP contribution is 1.96. The van der Waals surface area contributed by atoms with Crippen molar-refractivity contribution < 1.29 is 13.9 Å². The second-order valence-electron chi connectivity index (χ2n) is 2.53. The van der Waals surface area contributed by atoms with Gasteiger partial charge in [0.2, 0.25) is 6.86 Å². The van der Waals surface area contributed by atoms with Gasteiger partial charge in [0.15, 0.2) is 0 Å². The first kappa shape index (κ1) is 11.2. The van der Waals surface area contributed by atoms with Crippen molar-refractivity contribution in [2.45, 2.75) is 32.6 Å². The number of unbranched alkanes of at least 4 members (excludes halogenated alkanes) is 3. The molecule has 1 amide bonds. The zero-order valence-electron chi connectivity index (χ0n) is 7.44. The SMILES string of the molecule is CCCCCCNC(=O)OCF. The average Bonchev–Trinajstić information content (AvgIpc) is 2.05. The number of alkyl halides is 1. The van der Waals surface area contributed by atoms with E-state index in [0.29, 0.717) is 6.54 Å². The van der Waals surface area contributed by atoms with Crippen molar-refractivity contribution in [2.75, 3.05) is 13.4 Å². The van der Waals surface area contributed by atoms with Crippen LogP contribution in [0.1, 0.15) is 32.6 Å². The molecule has 0 aromatic heterocycles. The first-order valence-electron chi connectivity index (χ1n) is 4.27. The number of amides is 1. The number of alkyl carbamates (subject to hydrolysis) is 1. The zero-order chi connectivity index (χ0) is 9.23. The predicted molar refractivity (Wildman–Crippen MR) is 44.6 cm³/mol. The maximum absolute atomic E-state index is 11.4. The van der Waals surface area contributed by atoms with Gasteiger partial charge >= 0.3 is 6.09 Å². The number of nitrogens with one attached hydrogen (secondary N) is 1. The first-order valence-corrected chi connectivity index (χ1v) is 4.27. The summed E-state index contributed by atoms with van der Waals surface area (Å²) >= 11 is 0. The van der Waals surface area contributed by atoms with Crippen LogP contribution < -0.4 is 5.32 Å². The van der Waals surface area contributed by atoms with E-state index in [1.807, 2.05) is 0 Å². The molecule has 0 fully saturated rings. The number of rotatable bonds is 6. The van der Waals surface area contributed by atoms with Gasteiger partial charge in [-0.2, -0.15) is 0 Å². The van der Waals surface area contributed by atoms with Crippen LogP contribution in [0.15, 0.2) is 0 Å². The number of carbonyl (C=O) groups excluding carboxylic acids is 1. The van der Waals surface area contributed by atoms with Gasteiger partial charge in [-0.05, 0) is 6.42 Å². The number of halogens is 1. The second kappa shape index (κ2) is 8.30. The molecule has 0 unspecified atom stereocenters. The third-order valence-electron chi connectivity index (χ3n) is 1.49. The molecule has 72 valence electrons. The van der Waals surface area contributed by atoms with Gasteiger partial charge < -0.3 is 10.1 Å². The van der Waals surface area contributed by atoms with Crippen molar-refractivity contribution in [3.8, 4) is 0 Å². The van der Waals surface area contributed by atoms with E-state index >= 15 is 0 Å². The largest absolute Gasteiger partial charge is 0.418 e. The van der Waals surface area contributed by atoms with E-state index in [2.05, 4.69) is 17.0 Å². The lowest BCUT2D eigenvalue weighted by molar-refractivity contribution is 0.0982. The Morgan fingerprint density at radius 2 is 2.17 bits per heavy atom. The Balaban J connectivity index is 3.03. The molecule has 0 radical (unpaired) electrons. The molecule has 0 aliphatic carbocycles. The molecule has 0 aliphatic rings. The van der Waals surface area contributed by atoms with Crippen molar-refractivity contribution in [2.24, 2.45) is 0 Å². The Morgan fingerprint density at radius 3 is 2.75 bits per heavy atom. The number of hydrogen-bond donors (Lipinski definition) is 1. The quantitative estimate of drug-likeness (QED) is 0.632. The van der Waals surface area contributed by atoms with E-state index in [9.17, 15) is 9.18 Å². The van der Waals surface area contributed by atoms with E-state index < -0.39 is 13.0 Å². The summed E-state index contributed by atoms with van der Waals surface area (Å²) in [5.74, 6) is 0. The topological polar surface area (TPSA) is 38.3 Å². The maximum atomic E-state index is 11.4. The molecule has 0 atom stereocenters. The molecule has 1 N–H and O–H groups in total. The Labute approximate surface area is 72.3 Å². The van der Waals surface area contributed by atoms with Crippen LogP contribution in [-0.2, 0) is 4.74 Å². The van der Waals surface area contributed by atoms with Crippen LogP contribution in [0.2, 0.25) is 0 Å². The number of carbonyl (C=O) groups is 1. The fourth-order valence-corrected chi connectivity index (χ4v) is 0.843. The van der Waals surface area contributed by atoms with Gasteiger partial charge in [0.1, 0.15) is 0 Å². The molecule has 0 bridgehead atoms. The summed E-state index contributed by atoms with van der Waals surface area (Å²) in [4.78, 5) is 10.5. The fraction of sp³-hybridized carbons (Fsp3) is 0.875. The molecule has 0 aromatic rings. The Kier molecular flexibility index (Phi) is 7.74. The van der Waals surface area contributed by atoms with Crippen LogP contribution in [0.5, 0.6) is 0 Å². The van der Waals surface area contributed by atoms with E-state index in [1.54, 1.807) is 0 Å². The van der Waals surface area contributed by atoms with Crippen LogP contribution >= 0.6 is 0 Å². The lowest BCUT2D eigenvalue weighted by atomic mass is 10.2. The fourth-order valence-electron chi connectivity index (χ4n) is 0.843. The van der Waals surface area contributed by atoms with E-state index in [4.69, 9.17) is 0 Å². The van der Waals surface area contributed by atoms with Crippen molar-refractivity contribution in [1.82, 2.24) is 5.32 Å². The van der Waals surface area contributed by atoms with E-state index in [1.165, 1.54) is 6.42 Å². The molecule has 12 heavy (non-hydrogen) atoms. The molecule has 0 saturated heterocycles. The van der Waals surface area contributed by atoms with Crippen LogP contribution in [0.25, 0.3) is 0 Å². The summed E-state index contributed by atoms with van der Waals surface area (Å²) < 4.78 is 15.4.